The number of ketones is 1. The predicted molar refractivity (Wildman–Crippen MR) is 80.5 cm³/mol. The molecule has 0 bridgehead atoms. The molecule has 28 heavy (non-hydrogen) atoms. The Morgan fingerprint density at radius 1 is 1.18 bits per heavy atom. The number of likely N-dealkylation sites (tertiary alicyclic amines) is 1. The maximum Gasteiger partial charge on any atom is 0.416 e. The van der Waals surface area contributed by atoms with Crippen LogP contribution in [0.25, 0.3) is 0 Å². The zero-order valence-electron chi connectivity index (χ0n) is 14.0. The number of nitrogens with one attached hydrogen (secondary N) is 1. The molecule has 0 aromatic heterocycles. The van der Waals surface area contributed by atoms with E-state index in [-0.39, 0.29) is 25.1 Å². The largest absolute Gasteiger partial charge is 0.480 e. The molecular formula is C16H13F5N2O5. The molecule has 0 saturated carbocycles. The number of carboxylic acids is 1. The number of hydrogen-bond donors (Lipinski definition) is 2. The summed E-state index contributed by atoms with van der Waals surface area (Å²) in [4.78, 5) is 47.3. The number of aliphatic carboxylic acids is 1. The second-order valence-electron chi connectivity index (χ2n) is 5.94. The second kappa shape index (κ2) is 7.90. The molecule has 1 aromatic carbocycles. The molecule has 0 radical (unpaired) electrons. The van der Waals surface area contributed by atoms with E-state index in [1.807, 2.05) is 5.32 Å². The number of Topliss-reactive ketones (excluding diaryl/α,β-unsaturated/α-hetero) is 1. The van der Waals surface area contributed by atoms with Crippen LogP contribution in [-0.4, -0.2) is 46.7 Å². The Hall–Kier alpha value is -3.05. The zero-order chi connectivity index (χ0) is 21.2. The van der Waals surface area contributed by atoms with Crippen molar-refractivity contribution in [1.82, 2.24) is 10.2 Å². The highest BCUT2D eigenvalue weighted by atomic mass is 19.4. The van der Waals surface area contributed by atoms with Crippen LogP contribution in [0.2, 0.25) is 0 Å². The Bertz CT molecular complexity index is 816. The Balaban J connectivity index is 2.22. The number of halogens is 5. The maximum absolute atomic E-state index is 14.0. The van der Waals surface area contributed by atoms with Gasteiger partial charge in [-0.1, -0.05) is 0 Å². The van der Waals surface area contributed by atoms with Gasteiger partial charge < -0.3 is 15.3 Å². The summed E-state index contributed by atoms with van der Waals surface area (Å²) in [6.07, 6.45) is -5.32. The number of carboxylic acid groups (broad SMARTS) is 1. The number of piperidine rings is 1. The fourth-order valence-electron chi connectivity index (χ4n) is 2.61. The van der Waals surface area contributed by atoms with E-state index in [2.05, 4.69) is 0 Å². The van der Waals surface area contributed by atoms with Crippen LogP contribution >= 0.6 is 0 Å². The highest BCUT2D eigenvalue weighted by molar-refractivity contribution is 6.19. The Labute approximate surface area is 154 Å². The SMILES string of the molecule is O=C(O)CNC(=O)C1C(=O)CCN(Cc2c(F)cc(C(F)(F)F)cc2F)C1=O. The van der Waals surface area contributed by atoms with Crippen LogP contribution in [0.5, 0.6) is 0 Å². The van der Waals surface area contributed by atoms with E-state index in [1.54, 1.807) is 0 Å². The van der Waals surface area contributed by atoms with Gasteiger partial charge in [-0.25, -0.2) is 8.78 Å². The lowest BCUT2D eigenvalue weighted by molar-refractivity contribution is -0.152. The van der Waals surface area contributed by atoms with Gasteiger partial charge in [-0.05, 0) is 12.1 Å². The zero-order valence-corrected chi connectivity index (χ0v) is 14.0. The van der Waals surface area contributed by atoms with E-state index >= 15 is 0 Å². The van der Waals surface area contributed by atoms with Crippen molar-refractivity contribution in [2.75, 3.05) is 13.1 Å². The van der Waals surface area contributed by atoms with Gasteiger partial charge in [0.1, 0.15) is 18.2 Å². The summed E-state index contributed by atoms with van der Waals surface area (Å²) in [7, 11) is 0. The number of benzene rings is 1. The number of carbonyl (C=O) groups is 4. The van der Waals surface area contributed by atoms with Gasteiger partial charge in [-0.15, -0.1) is 0 Å². The van der Waals surface area contributed by atoms with Crippen LogP contribution < -0.4 is 5.32 Å². The minimum Gasteiger partial charge on any atom is -0.480 e. The number of nitrogens with zero attached hydrogens (tertiary/aromatic N) is 1. The summed E-state index contributed by atoms with van der Waals surface area (Å²) in [5.74, 6) is -9.51. The van der Waals surface area contributed by atoms with Crippen molar-refractivity contribution < 1.29 is 46.2 Å². The Morgan fingerprint density at radius 2 is 1.75 bits per heavy atom. The quantitative estimate of drug-likeness (QED) is 0.561. The third kappa shape index (κ3) is 4.61. The summed E-state index contributed by atoms with van der Waals surface area (Å²) in [5, 5.41) is 10.4. The van der Waals surface area contributed by atoms with Crippen LogP contribution in [-0.2, 0) is 31.9 Å². The van der Waals surface area contributed by atoms with Crippen LogP contribution in [0.15, 0.2) is 12.1 Å². The first-order valence-corrected chi connectivity index (χ1v) is 7.78. The van der Waals surface area contributed by atoms with Gasteiger partial charge in [0, 0.05) is 18.5 Å². The fraction of sp³-hybridized carbons (Fsp3) is 0.375. The molecule has 2 rings (SSSR count). The first-order valence-electron chi connectivity index (χ1n) is 7.78. The summed E-state index contributed by atoms with van der Waals surface area (Å²) >= 11 is 0. The number of rotatable bonds is 5. The topological polar surface area (TPSA) is 104 Å². The first-order chi connectivity index (χ1) is 12.9. The molecule has 1 aliphatic rings. The van der Waals surface area contributed by atoms with Gasteiger partial charge in [0.05, 0.1) is 12.1 Å². The average Bonchev–Trinajstić information content (AvgIpc) is 2.57. The van der Waals surface area contributed by atoms with Crippen molar-refractivity contribution in [2.24, 2.45) is 5.92 Å². The molecule has 152 valence electrons. The Kier molecular flexibility index (Phi) is 6.00. The molecule has 1 atom stereocenters. The van der Waals surface area contributed by atoms with E-state index in [1.165, 1.54) is 0 Å². The van der Waals surface area contributed by atoms with Crippen molar-refractivity contribution in [3.8, 4) is 0 Å². The maximum atomic E-state index is 14.0. The highest BCUT2D eigenvalue weighted by Crippen LogP contribution is 2.32. The molecule has 0 aliphatic carbocycles. The number of carbonyl (C=O) groups excluding carboxylic acids is 3. The van der Waals surface area contributed by atoms with Crippen LogP contribution in [0, 0.1) is 17.6 Å². The first kappa shape index (κ1) is 21.3. The predicted octanol–water partition coefficient (Wildman–Crippen LogP) is 1.10. The lowest BCUT2D eigenvalue weighted by atomic mass is 9.94. The summed E-state index contributed by atoms with van der Waals surface area (Å²) in [6, 6.07) is 0.157. The smallest absolute Gasteiger partial charge is 0.416 e. The molecule has 1 saturated heterocycles. The van der Waals surface area contributed by atoms with Crippen LogP contribution in [0.3, 0.4) is 0 Å². The van der Waals surface area contributed by atoms with E-state index < -0.39 is 71.5 Å². The monoisotopic (exact) mass is 408 g/mol. The number of alkyl halides is 3. The van der Waals surface area contributed by atoms with E-state index in [0.29, 0.717) is 0 Å². The van der Waals surface area contributed by atoms with Gasteiger partial charge in [0.25, 0.3) is 0 Å². The third-order valence-corrected chi connectivity index (χ3v) is 4.00. The van der Waals surface area contributed by atoms with E-state index in [0.717, 1.165) is 4.90 Å². The van der Waals surface area contributed by atoms with Gasteiger partial charge in [0.2, 0.25) is 11.8 Å². The lowest BCUT2D eigenvalue weighted by Gasteiger charge is -2.31. The molecular weight excluding hydrogens is 395 g/mol. The normalized spacial score (nSPS) is 17.6. The average molecular weight is 408 g/mol. The highest BCUT2D eigenvalue weighted by Gasteiger charge is 2.41. The molecule has 7 nitrogen and oxygen atoms in total. The standard InChI is InChI=1S/C16H13F5N2O5/c17-9-3-7(16(19,20)21)4-10(18)8(9)6-23-2-1-11(24)13(15(23)28)14(27)22-5-12(25)26/h3-4,13H,1-2,5-6H2,(H,22,27)(H,25,26). The molecule has 2 amide bonds. The van der Waals surface area contributed by atoms with Crippen LogP contribution in [0.4, 0.5) is 22.0 Å². The molecule has 1 aromatic rings. The van der Waals surface area contributed by atoms with Crippen LogP contribution in [0.1, 0.15) is 17.5 Å². The van der Waals surface area contributed by atoms with E-state index in [4.69, 9.17) is 5.11 Å². The third-order valence-electron chi connectivity index (χ3n) is 4.00. The minimum absolute atomic E-state index is 0.0784. The number of hydrogen-bond acceptors (Lipinski definition) is 4. The van der Waals surface area contributed by atoms with E-state index in [9.17, 15) is 41.1 Å². The van der Waals surface area contributed by atoms with Gasteiger partial charge in [-0.3, -0.25) is 19.2 Å². The second-order valence-corrected chi connectivity index (χ2v) is 5.94. The van der Waals surface area contributed by atoms with Crippen molar-refractivity contribution in [3.05, 3.63) is 34.9 Å². The molecule has 1 fully saturated rings. The molecule has 1 unspecified atom stereocenters. The minimum atomic E-state index is -4.97. The van der Waals surface area contributed by atoms with Crippen molar-refractivity contribution in [2.45, 2.75) is 19.1 Å². The summed E-state index contributed by atoms with van der Waals surface area (Å²) in [6.45, 7) is -1.96. The molecule has 12 heteroatoms. The number of amides is 2. The van der Waals surface area contributed by atoms with Crippen molar-refractivity contribution >= 4 is 23.6 Å². The molecule has 2 N–H and O–H groups in total. The van der Waals surface area contributed by atoms with Gasteiger partial charge >= 0.3 is 12.1 Å². The molecule has 1 aliphatic heterocycles. The van der Waals surface area contributed by atoms with Gasteiger partial charge in [-0.2, -0.15) is 13.2 Å². The summed E-state index contributed by atoms with van der Waals surface area (Å²) < 4.78 is 65.7. The van der Waals surface area contributed by atoms with Crippen molar-refractivity contribution in [3.63, 3.8) is 0 Å². The molecule has 1 heterocycles. The lowest BCUT2D eigenvalue weighted by Crippen LogP contribution is -2.52. The Morgan fingerprint density at radius 3 is 2.25 bits per heavy atom. The molecule has 0 spiro atoms. The van der Waals surface area contributed by atoms with Gasteiger partial charge in [0.15, 0.2) is 11.7 Å². The van der Waals surface area contributed by atoms with Crippen molar-refractivity contribution in [1.29, 1.82) is 0 Å². The summed E-state index contributed by atoms with van der Waals surface area (Å²) in [5.41, 5.74) is -2.38. The fourth-order valence-corrected chi connectivity index (χ4v) is 2.61.